The second-order valence-electron chi connectivity index (χ2n) is 8.44. The van der Waals surface area contributed by atoms with Crippen molar-refractivity contribution in [2.45, 2.75) is 32.2 Å². The molecule has 3 heterocycles. The number of aromatic nitrogens is 1. The third kappa shape index (κ3) is 2.83. The highest BCUT2D eigenvalue weighted by Gasteiger charge is 2.41. The van der Waals surface area contributed by atoms with Gasteiger partial charge in [-0.15, -0.1) is 0 Å². The van der Waals surface area contributed by atoms with Gasteiger partial charge in [0.05, 0.1) is 6.04 Å². The zero-order chi connectivity index (χ0) is 20.8. The Morgan fingerprint density at radius 2 is 1.70 bits per heavy atom. The van der Waals surface area contributed by atoms with Crippen LogP contribution >= 0.6 is 0 Å². The molecule has 0 aliphatic carbocycles. The molecular formula is C25H27N3O2. The quantitative estimate of drug-likeness (QED) is 0.665. The smallest absolute Gasteiger partial charge is 0.255 e. The molecule has 0 radical (unpaired) electrons. The summed E-state index contributed by atoms with van der Waals surface area (Å²) in [5.74, 6) is 0.00652. The number of carbonyl (C=O) groups is 2. The van der Waals surface area contributed by atoms with Crippen LogP contribution in [0.2, 0.25) is 0 Å². The van der Waals surface area contributed by atoms with Crippen LogP contribution in [0.3, 0.4) is 0 Å². The maximum absolute atomic E-state index is 13.4. The van der Waals surface area contributed by atoms with Gasteiger partial charge in [0, 0.05) is 47.9 Å². The molecule has 5 nitrogen and oxygen atoms in total. The van der Waals surface area contributed by atoms with Gasteiger partial charge in [0.25, 0.3) is 5.91 Å². The number of para-hydroxylation sites is 1. The van der Waals surface area contributed by atoms with Gasteiger partial charge in [0.2, 0.25) is 5.91 Å². The van der Waals surface area contributed by atoms with Crippen LogP contribution in [-0.2, 0) is 11.8 Å². The molecule has 0 saturated carbocycles. The summed E-state index contributed by atoms with van der Waals surface area (Å²) in [7, 11) is 2.06. The summed E-state index contributed by atoms with van der Waals surface area (Å²) < 4.78 is 2.18. The molecule has 1 fully saturated rings. The Morgan fingerprint density at radius 1 is 1.00 bits per heavy atom. The minimum atomic E-state index is -0.242. The minimum absolute atomic E-state index is 0.0479. The summed E-state index contributed by atoms with van der Waals surface area (Å²) in [5.41, 5.74) is 5.10. The number of benzene rings is 2. The van der Waals surface area contributed by atoms with Crippen LogP contribution in [-0.4, -0.2) is 45.8 Å². The first-order chi connectivity index (χ1) is 14.6. The Kier molecular flexibility index (Phi) is 4.61. The van der Waals surface area contributed by atoms with Gasteiger partial charge in [-0.3, -0.25) is 9.59 Å². The van der Waals surface area contributed by atoms with E-state index in [0.29, 0.717) is 5.56 Å². The van der Waals surface area contributed by atoms with Gasteiger partial charge < -0.3 is 14.4 Å². The molecule has 2 amide bonds. The van der Waals surface area contributed by atoms with E-state index in [-0.39, 0.29) is 24.4 Å². The van der Waals surface area contributed by atoms with Crippen LogP contribution < -0.4 is 0 Å². The molecule has 0 N–H and O–H groups in total. The SMILES string of the molecule is Cc1c(C2c3ccccc3C(=O)N2CC(=O)N2CCCCC2)c2ccccc2n1C. The van der Waals surface area contributed by atoms with Crippen molar-refractivity contribution in [2.75, 3.05) is 19.6 Å². The molecule has 5 heteroatoms. The maximum Gasteiger partial charge on any atom is 0.255 e. The molecule has 2 aliphatic rings. The lowest BCUT2D eigenvalue weighted by molar-refractivity contribution is -0.133. The van der Waals surface area contributed by atoms with Gasteiger partial charge in [0.1, 0.15) is 6.54 Å². The predicted molar refractivity (Wildman–Crippen MR) is 117 cm³/mol. The average molecular weight is 402 g/mol. The van der Waals surface area contributed by atoms with E-state index in [4.69, 9.17) is 0 Å². The van der Waals surface area contributed by atoms with Crippen molar-refractivity contribution in [2.24, 2.45) is 7.05 Å². The van der Waals surface area contributed by atoms with Gasteiger partial charge in [-0.2, -0.15) is 0 Å². The first-order valence-electron chi connectivity index (χ1n) is 10.8. The zero-order valence-electron chi connectivity index (χ0n) is 17.6. The molecule has 5 rings (SSSR count). The van der Waals surface area contributed by atoms with Crippen LogP contribution in [0.4, 0.5) is 0 Å². The Balaban J connectivity index is 1.61. The molecule has 1 unspecified atom stereocenters. The van der Waals surface area contributed by atoms with Gasteiger partial charge in [0.15, 0.2) is 0 Å². The Morgan fingerprint density at radius 3 is 2.50 bits per heavy atom. The lowest BCUT2D eigenvalue weighted by Crippen LogP contribution is -2.44. The molecular weight excluding hydrogens is 374 g/mol. The predicted octanol–water partition coefficient (Wildman–Crippen LogP) is 4.04. The van der Waals surface area contributed by atoms with Crippen molar-refractivity contribution in [3.63, 3.8) is 0 Å². The van der Waals surface area contributed by atoms with Gasteiger partial charge in [-0.1, -0.05) is 36.4 Å². The van der Waals surface area contributed by atoms with Gasteiger partial charge in [-0.05, 0) is 43.9 Å². The molecule has 1 atom stereocenters. The first kappa shape index (κ1) is 18.9. The lowest BCUT2D eigenvalue weighted by Gasteiger charge is -2.31. The van der Waals surface area contributed by atoms with Crippen LogP contribution in [0.25, 0.3) is 10.9 Å². The molecule has 0 spiro atoms. The van der Waals surface area contributed by atoms with Crippen molar-refractivity contribution in [1.29, 1.82) is 0 Å². The van der Waals surface area contributed by atoms with Crippen LogP contribution in [0.1, 0.15) is 52.5 Å². The van der Waals surface area contributed by atoms with Crippen molar-refractivity contribution >= 4 is 22.7 Å². The molecule has 3 aromatic rings. The molecule has 2 aromatic carbocycles. The summed E-state index contributed by atoms with van der Waals surface area (Å²) in [6.07, 6.45) is 3.27. The number of hydrogen-bond acceptors (Lipinski definition) is 2. The number of aryl methyl sites for hydroxylation is 1. The van der Waals surface area contributed by atoms with Crippen molar-refractivity contribution < 1.29 is 9.59 Å². The second kappa shape index (κ2) is 7.31. The highest BCUT2D eigenvalue weighted by molar-refractivity contribution is 6.02. The highest BCUT2D eigenvalue weighted by atomic mass is 16.2. The fourth-order valence-corrected chi connectivity index (χ4v) is 5.13. The number of hydrogen-bond donors (Lipinski definition) is 0. The van der Waals surface area contributed by atoms with E-state index < -0.39 is 0 Å². The minimum Gasteiger partial charge on any atom is -0.348 e. The third-order valence-electron chi connectivity index (χ3n) is 6.79. The topological polar surface area (TPSA) is 45.6 Å². The molecule has 1 aromatic heterocycles. The molecule has 30 heavy (non-hydrogen) atoms. The van der Waals surface area contributed by atoms with E-state index in [0.717, 1.165) is 53.7 Å². The molecule has 1 saturated heterocycles. The Labute approximate surface area is 176 Å². The van der Waals surface area contributed by atoms with Crippen LogP contribution in [0.15, 0.2) is 48.5 Å². The number of amides is 2. The van der Waals surface area contributed by atoms with Gasteiger partial charge in [-0.25, -0.2) is 0 Å². The third-order valence-corrected chi connectivity index (χ3v) is 6.79. The molecule has 154 valence electrons. The van der Waals surface area contributed by atoms with Crippen LogP contribution in [0.5, 0.6) is 0 Å². The maximum atomic E-state index is 13.4. The highest BCUT2D eigenvalue weighted by Crippen LogP contribution is 2.43. The monoisotopic (exact) mass is 401 g/mol. The summed E-state index contributed by atoms with van der Waals surface area (Å²) in [6.45, 7) is 3.82. The fourth-order valence-electron chi connectivity index (χ4n) is 5.13. The molecule has 0 bridgehead atoms. The van der Waals surface area contributed by atoms with E-state index in [2.05, 4.69) is 30.7 Å². The average Bonchev–Trinajstić information content (AvgIpc) is 3.20. The number of likely N-dealkylation sites (tertiary alicyclic amines) is 1. The van der Waals surface area contributed by atoms with E-state index in [1.165, 1.54) is 6.42 Å². The largest absolute Gasteiger partial charge is 0.348 e. The lowest BCUT2D eigenvalue weighted by atomic mass is 9.95. The van der Waals surface area contributed by atoms with Crippen molar-refractivity contribution in [1.82, 2.24) is 14.4 Å². The first-order valence-corrected chi connectivity index (χ1v) is 10.8. The standard InChI is InChI=1S/C25H27N3O2/c1-17-23(20-12-6-7-13-21(20)26(17)2)24-18-10-4-5-11-19(18)25(30)28(24)16-22(29)27-14-8-3-9-15-27/h4-7,10-13,24H,3,8-9,14-16H2,1-2H3. The van der Waals surface area contributed by atoms with Gasteiger partial charge >= 0.3 is 0 Å². The van der Waals surface area contributed by atoms with E-state index in [1.54, 1.807) is 4.90 Å². The van der Waals surface area contributed by atoms with Crippen molar-refractivity contribution in [3.8, 4) is 0 Å². The summed E-state index contributed by atoms with van der Waals surface area (Å²) >= 11 is 0. The zero-order valence-corrected chi connectivity index (χ0v) is 17.6. The van der Waals surface area contributed by atoms with Crippen molar-refractivity contribution in [3.05, 3.63) is 70.9 Å². The van der Waals surface area contributed by atoms with Crippen LogP contribution in [0, 0.1) is 6.92 Å². The summed E-state index contributed by atoms with van der Waals surface area (Å²) in [4.78, 5) is 30.2. The van der Waals surface area contributed by atoms with E-state index in [9.17, 15) is 9.59 Å². The molecule has 2 aliphatic heterocycles. The number of rotatable bonds is 3. The van der Waals surface area contributed by atoms with E-state index >= 15 is 0 Å². The number of piperidine rings is 1. The summed E-state index contributed by atoms with van der Waals surface area (Å²) in [6, 6.07) is 15.9. The number of carbonyl (C=O) groups excluding carboxylic acids is 2. The Bertz CT molecular complexity index is 1140. The fraction of sp³-hybridized carbons (Fsp3) is 0.360. The Hall–Kier alpha value is -3.08. The number of fused-ring (bicyclic) bond motifs is 2. The number of nitrogens with zero attached hydrogens (tertiary/aromatic N) is 3. The normalized spacial score (nSPS) is 18.9. The second-order valence-corrected chi connectivity index (χ2v) is 8.44. The summed E-state index contributed by atoms with van der Waals surface area (Å²) in [5, 5.41) is 1.14. The van der Waals surface area contributed by atoms with E-state index in [1.807, 2.05) is 41.3 Å².